The molecule has 0 aliphatic heterocycles. The Morgan fingerprint density at radius 2 is 1.83 bits per heavy atom. The summed E-state index contributed by atoms with van der Waals surface area (Å²) in [5.74, 6) is -0.135. The Bertz CT molecular complexity index is 216. The molecule has 0 aromatic rings. The molecule has 0 saturated heterocycles. The van der Waals surface area contributed by atoms with E-state index in [0.717, 1.165) is 19.3 Å². The molecule has 0 unspecified atom stereocenters. The monoisotopic (exact) mass is 192 g/mol. The van der Waals surface area contributed by atoms with Crippen molar-refractivity contribution in [2.24, 2.45) is 0 Å². The Morgan fingerprint density at radius 3 is 2.33 bits per heavy atom. The van der Waals surface area contributed by atoms with Crippen molar-refractivity contribution in [3.63, 3.8) is 0 Å². The summed E-state index contributed by atoms with van der Waals surface area (Å²) < 4.78 is 28.9. The largest absolute Gasteiger partial charge is 0.286 e. The molecule has 0 heterocycles. The molecule has 1 N–H and O–H groups in total. The average molecular weight is 192 g/mol. The standard InChI is InChI=1S/C8H16O3S/c1-2-3-4-5-6-7-8-12(9,10)11/h4-5H,2-3,6-8H2,1H3,(H,9,10,11)/b5-4-. The van der Waals surface area contributed by atoms with Gasteiger partial charge in [-0.25, -0.2) is 0 Å². The third-order valence-electron chi connectivity index (χ3n) is 1.40. The Morgan fingerprint density at radius 1 is 1.25 bits per heavy atom. The van der Waals surface area contributed by atoms with Crippen molar-refractivity contribution in [1.29, 1.82) is 0 Å². The van der Waals surface area contributed by atoms with E-state index in [1.54, 1.807) is 0 Å². The van der Waals surface area contributed by atoms with Gasteiger partial charge in [0.2, 0.25) is 0 Å². The van der Waals surface area contributed by atoms with E-state index in [2.05, 4.69) is 6.92 Å². The van der Waals surface area contributed by atoms with Gasteiger partial charge in [-0.05, 0) is 19.3 Å². The first-order chi connectivity index (χ1) is 5.56. The van der Waals surface area contributed by atoms with Gasteiger partial charge in [-0.3, -0.25) is 4.55 Å². The molecule has 0 spiro atoms. The van der Waals surface area contributed by atoms with Crippen molar-refractivity contribution in [2.75, 3.05) is 5.75 Å². The van der Waals surface area contributed by atoms with Crippen LogP contribution in [0, 0.1) is 0 Å². The normalized spacial score (nSPS) is 12.5. The summed E-state index contributed by atoms with van der Waals surface area (Å²) in [7, 11) is -3.75. The minimum absolute atomic E-state index is 0.135. The first-order valence-electron chi connectivity index (χ1n) is 4.16. The summed E-state index contributed by atoms with van der Waals surface area (Å²) in [6.45, 7) is 2.09. The molecule has 3 nitrogen and oxygen atoms in total. The molecular weight excluding hydrogens is 176 g/mol. The zero-order chi connectivity index (χ0) is 9.45. The van der Waals surface area contributed by atoms with Crippen LogP contribution in [0.2, 0.25) is 0 Å². The highest BCUT2D eigenvalue weighted by molar-refractivity contribution is 7.85. The molecule has 0 amide bonds. The van der Waals surface area contributed by atoms with Crippen molar-refractivity contribution in [2.45, 2.75) is 32.6 Å². The lowest BCUT2D eigenvalue weighted by atomic mass is 10.2. The summed E-state index contributed by atoms with van der Waals surface area (Å²) in [6.07, 6.45) is 7.35. The predicted molar refractivity (Wildman–Crippen MR) is 49.7 cm³/mol. The molecule has 0 rings (SSSR count). The van der Waals surface area contributed by atoms with Gasteiger partial charge in [0.1, 0.15) is 0 Å². The van der Waals surface area contributed by atoms with Crippen LogP contribution in [-0.4, -0.2) is 18.7 Å². The zero-order valence-electron chi connectivity index (χ0n) is 7.36. The second-order valence-electron chi connectivity index (χ2n) is 2.69. The van der Waals surface area contributed by atoms with Crippen LogP contribution >= 0.6 is 0 Å². The summed E-state index contributed by atoms with van der Waals surface area (Å²) in [5.41, 5.74) is 0. The third-order valence-corrected chi connectivity index (χ3v) is 2.20. The quantitative estimate of drug-likeness (QED) is 0.398. The molecule has 0 saturated carbocycles. The van der Waals surface area contributed by atoms with Gasteiger partial charge in [-0.1, -0.05) is 25.5 Å². The van der Waals surface area contributed by atoms with Crippen LogP contribution in [0.1, 0.15) is 32.6 Å². The first-order valence-corrected chi connectivity index (χ1v) is 5.77. The summed E-state index contributed by atoms with van der Waals surface area (Å²) >= 11 is 0. The lowest BCUT2D eigenvalue weighted by molar-refractivity contribution is 0.481. The Balaban J connectivity index is 3.34. The van der Waals surface area contributed by atoms with Crippen LogP contribution < -0.4 is 0 Å². The van der Waals surface area contributed by atoms with Crippen molar-refractivity contribution in [3.05, 3.63) is 12.2 Å². The fourth-order valence-electron chi connectivity index (χ4n) is 0.786. The zero-order valence-corrected chi connectivity index (χ0v) is 8.18. The van der Waals surface area contributed by atoms with E-state index >= 15 is 0 Å². The van der Waals surface area contributed by atoms with Gasteiger partial charge >= 0.3 is 0 Å². The lowest BCUT2D eigenvalue weighted by Gasteiger charge is -1.92. The smallest absolute Gasteiger partial charge is 0.264 e. The fourth-order valence-corrected chi connectivity index (χ4v) is 1.32. The molecule has 12 heavy (non-hydrogen) atoms. The second-order valence-corrected chi connectivity index (χ2v) is 4.26. The number of unbranched alkanes of at least 4 members (excludes halogenated alkanes) is 2. The van der Waals surface area contributed by atoms with Gasteiger partial charge in [0.15, 0.2) is 0 Å². The maximum Gasteiger partial charge on any atom is 0.264 e. The van der Waals surface area contributed by atoms with Crippen LogP contribution in [0.4, 0.5) is 0 Å². The van der Waals surface area contributed by atoms with Gasteiger partial charge in [0.25, 0.3) is 10.1 Å². The van der Waals surface area contributed by atoms with E-state index in [0.29, 0.717) is 6.42 Å². The van der Waals surface area contributed by atoms with Gasteiger partial charge in [0.05, 0.1) is 5.75 Å². The molecule has 0 aliphatic rings. The van der Waals surface area contributed by atoms with Crippen LogP contribution in [0.3, 0.4) is 0 Å². The van der Waals surface area contributed by atoms with Crippen LogP contribution in [0.25, 0.3) is 0 Å². The van der Waals surface area contributed by atoms with Gasteiger partial charge < -0.3 is 0 Å². The van der Waals surface area contributed by atoms with Gasteiger partial charge in [-0.2, -0.15) is 8.42 Å². The van der Waals surface area contributed by atoms with Crippen molar-refractivity contribution >= 4 is 10.1 Å². The predicted octanol–water partition coefficient (Wildman–Crippen LogP) is 2.01. The first kappa shape index (κ1) is 11.6. The Labute approximate surface area is 74.2 Å². The highest BCUT2D eigenvalue weighted by Gasteiger charge is 2.01. The molecule has 0 aromatic heterocycles. The van der Waals surface area contributed by atoms with E-state index in [-0.39, 0.29) is 5.75 Å². The Hall–Kier alpha value is -0.350. The summed E-state index contributed by atoms with van der Waals surface area (Å²) in [4.78, 5) is 0. The SMILES string of the molecule is CCC/C=C\CCCS(=O)(=O)O. The van der Waals surface area contributed by atoms with Crippen molar-refractivity contribution in [3.8, 4) is 0 Å². The van der Waals surface area contributed by atoms with Crippen LogP contribution in [0.5, 0.6) is 0 Å². The summed E-state index contributed by atoms with van der Waals surface area (Å²) in [5, 5.41) is 0. The average Bonchev–Trinajstić information content (AvgIpc) is 1.94. The summed E-state index contributed by atoms with van der Waals surface area (Å²) in [6, 6.07) is 0. The van der Waals surface area contributed by atoms with E-state index in [4.69, 9.17) is 4.55 Å². The molecule has 4 heteroatoms. The third kappa shape index (κ3) is 9.65. The minimum Gasteiger partial charge on any atom is -0.286 e. The van der Waals surface area contributed by atoms with Crippen LogP contribution in [0.15, 0.2) is 12.2 Å². The Kier molecular flexibility index (Phi) is 6.02. The molecule has 72 valence electrons. The number of allylic oxidation sites excluding steroid dienone is 2. The molecule has 0 bridgehead atoms. The molecular formula is C8H16O3S. The van der Waals surface area contributed by atoms with Crippen LogP contribution in [-0.2, 0) is 10.1 Å². The molecule has 0 aliphatic carbocycles. The van der Waals surface area contributed by atoms with E-state index in [1.165, 1.54) is 0 Å². The van der Waals surface area contributed by atoms with E-state index in [9.17, 15) is 8.42 Å². The maximum absolute atomic E-state index is 10.3. The van der Waals surface area contributed by atoms with Gasteiger partial charge in [0, 0.05) is 0 Å². The number of hydrogen-bond donors (Lipinski definition) is 1. The fraction of sp³-hybridized carbons (Fsp3) is 0.750. The maximum atomic E-state index is 10.3. The molecule has 0 atom stereocenters. The highest BCUT2D eigenvalue weighted by atomic mass is 32.2. The topological polar surface area (TPSA) is 54.4 Å². The van der Waals surface area contributed by atoms with Crippen molar-refractivity contribution < 1.29 is 13.0 Å². The lowest BCUT2D eigenvalue weighted by Crippen LogP contribution is -2.02. The molecule has 0 aromatic carbocycles. The number of rotatable bonds is 6. The second kappa shape index (κ2) is 6.20. The highest BCUT2D eigenvalue weighted by Crippen LogP contribution is 1.97. The van der Waals surface area contributed by atoms with Gasteiger partial charge in [-0.15, -0.1) is 0 Å². The van der Waals surface area contributed by atoms with E-state index < -0.39 is 10.1 Å². The number of hydrogen-bond acceptors (Lipinski definition) is 2. The van der Waals surface area contributed by atoms with Crippen molar-refractivity contribution in [1.82, 2.24) is 0 Å². The molecule has 0 radical (unpaired) electrons. The molecule has 0 fully saturated rings. The van der Waals surface area contributed by atoms with E-state index in [1.807, 2.05) is 12.2 Å². The minimum atomic E-state index is -3.75.